The van der Waals surface area contributed by atoms with Gasteiger partial charge >= 0.3 is 0 Å². The number of aryl methyl sites for hydroxylation is 1. The summed E-state index contributed by atoms with van der Waals surface area (Å²) in [6, 6.07) is 10.4. The first kappa shape index (κ1) is 19.2. The number of piperidine rings is 1. The molecular weight excluding hydrogens is 352 g/mol. The Morgan fingerprint density at radius 2 is 2.00 bits per heavy atom. The Bertz CT molecular complexity index is 768. The van der Waals surface area contributed by atoms with E-state index in [1.807, 2.05) is 35.1 Å². The number of carbonyl (C=O) groups excluding carboxylic acids is 1. The molecule has 0 unspecified atom stereocenters. The van der Waals surface area contributed by atoms with Crippen molar-refractivity contribution in [2.75, 3.05) is 32.8 Å². The lowest BCUT2D eigenvalue weighted by molar-refractivity contribution is -0.138. The van der Waals surface area contributed by atoms with E-state index in [1.54, 1.807) is 0 Å². The van der Waals surface area contributed by atoms with E-state index in [2.05, 4.69) is 34.7 Å². The minimum Gasteiger partial charge on any atom is -0.378 e. The van der Waals surface area contributed by atoms with E-state index in [9.17, 15) is 4.79 Å². The number of benzene rings is 1. The van der Waals surface area contributed by atoms with E-state index in [-0.39, 0.29) is 23.8 Å². The van der Waals surface area contributed by atoms with Gasteiger partial charge < -0.3 is 15.0 Å². The van der Waals surface area contributed by atoms with Crippen molar-refractivity contribution in [2.24, 2.45) is 13.0 Å². The summed E-state index contributed by atoms with van der Waals surface area (Å²) < 4.78 is 7.89. The monoisotopic (exact) mass is 382 g/mol. The third-order valence-corrected chi connectivity index (χ3v) is 6.03. The smallest absolute Gasteiger partial charge is 0.227 e. The van der Waals surface area contributed by atoms with Crippen LogP contribution in [-0.4, -0.2) is 59.5 Å². The summed E-state index contributed by atoms with van der Waals surface area (Å²) in [4.78, 5) is 15.2. The summed E-state index contributed by atoms with van der Waals surface area (Å²) in [5.41, 5.74) is 2.47. The summed E-state index contributed by atoms with van der Waals surface area (Å²) >= 11 is 0. The number of nitrogens with one attached hydrogen (secondary N) is 1. The zero-order chi connectivity index (χ0) is 19.3. The predicted molar refractivity (Wildman–Crippen MR) is 108 cm³/mol. The molecular formula is C22H30N4O2. The van der Waals surface area contributed by atoms with Gasteiger partial charge in [-0.3, -0.25) is 9.48 Å². The van der Waals surface area contributed by atoms with Gasteiger partial charge in [0.1, 0.15) is 0 Å². The van der Waals surface area contributed by atoms with Crippen molar-refractivity contribution in [1.82, 2.24) is 20.0 Å². The molecule has 6 heteroatoms. The number of rotatable bonds is 6. The minimum absolute atomic E-state index is 0.0137. The van der Waals surface area contributed by atoms with Crippen LogP contribution in [0.2, 0.25) is 0 Å². The number of hydrogen-bond acceptors (Lipinski definition) is 4. The Kier molecular flexibility index (Phi) is 6.07. The van der Waals surface area contributed by atoms with Crippen LogP contribution in [0, 0.1) is 5.92 Å². The summed E-state index contributed by atoms with van der Waals surface area (Å²) in [6.07, 6.45) is 7.00. The lowest BCUT2D eigenvalue weighted by Crippen LogP contribution is -2.45. The van der Waals surface area contributed by atoms with Crippen molar-refractivity contribution in [2.45, 2.75) is 31.3 Å². The zero-order valence-corrected chi connectivity index (χ0v) is 16.6. The van der Waals surface area contributed by atoms with Gasteiger partial charge in [-0.2, -0.15) is 5.10 Å². The second-order valence-electron chi connectivity index (χ2n) is 7.95. The second-order valence-corrected chi connectivity index (χ2v) is 7.95. The SMILES string of the molecule is Cn1cc([C@H]2CNC[C@@H]2C(=O)N2CCC(OCCc3ccccc3)CC2)cn1. The first-order valence-electron chi connectivity index (χ1n) is 10.3. The van der Waals surface area contributed by atoms with Gasteiger partial charge in [-0.15, -0.1) is 0 Å². The van der Waals surface area contributed by atoms with E-state index >= 15 is 0 Å². The molecule has 28 heavy (non-hydrogen) atoms. The Morgan fingerprint density at radius 1 is 1.21 bits per heavy atom. The fourth-order valence-electron chi connectivity index (χ4n) is 4.39. The lowest BCUT2D eigenvalue weighted by Gasteiger charge is -2.34. The third-order valence-electron chi connectivity index (χ3n) is 6.03. The van der Waals surface area contributed by atoms with Crippen molar-refractivity contribution >= 4 is 5.91 Å². The molecule has 0 spiro atoms. The normalized spacial score (nSPS) is 23.2. The van der Waals surface area contributed by atoms with Crippen LogP contribution >= 0.6 is 0 Å². The Morgan fingerprint density at radius 3 is 2.71 bits per heavy atom. The third kappa shape index (κ3) is 4.45. The minimum atomic E-state index is 0.0137. The van der Waals surface area contributed by atoms with Crippen LogP contribution in [0.15, 0.2) is 42.7 Å². The molecule has 2 fully saturated rings. The maximum Gasteiger partial charge on any atom is 0.227 e. The van der Waals surface area contributed by atoms with Crippen LogP contribution in [0.3, 0.4) is 0 Å². The molecule has 150 valence electrons. The molecule has 1 amide bonds. The Balaban J connectivity index is 1.24. The largest absolute Gasteiger partial charge is 0.378 e. The molecule has 2 aromatic rings. The molecule has 2 aliphatic rings. The van der Waals surface area contributed by atoms with E-state index in [0.29, 0.717) is 0 Å². The van der Waals surface area contributed by atoms with Crippen LogP contribution in [0.4, 0.5) is 0 Å². The number of carbonyl (C=O) groups is 1. The number of nitrogens with zero attached hydrogens (tertiary/aromatic N) is 3. The molecule has 0 aliphatic carbocycles. The summed E-state index contributed by atoms with van der Waals surface area (Å²) in [5.74, 6) is 0.516. The summed E-state index contributed by atoms with van der Waals surface area (Å²) in [7, 11) is 1.92. The van der Waals surface area contributed by atoms with Crippen LogP contribution in [0.1, 0.15) is 29.9 Å². The highest BCUT2D eigenvalue weighted by Gasteiger charge is 2.38. The molecule has 2 aliphatic heterocycles. The average molecular weight is 383 g/mol. The molecule has 1 N–H and O–H groups in total. The van der Waals surface area contributed by atoms with E-state index in [4.69, 9.17) is 4.74 Å². The highest BCUT2D eigenvalue weighted by molar-refractivity contribution is 5.80. The molecule has 3 heterocycles. The molecule has 0 saturated carbocycles. The molecule has 2 saturated heterocycles. The summed E-state index contributed by atoms with van der Waals surface area (Å²) in [5, 5.41) is 7.67. The predicted octanol–water partition coefficient (Wildman–Crippen LogP) is 1.97. The maximum absolute atomic E-state index is 13.1. The molecule has 0 radical (unpaired) electrons. The van der Waals surface area contributed by atoms with Gasteiger partial charge in [-0.05, 0) is 30.4 Å². The number of aromatic nitrogens is 2. The zero-order valence-electron chi connectivity index (χ0n) is 16.6. The average Bonchev–Trinajstić information content (AvgIpc) is 3.38. The molecule has 0 bridgehead atoms. The van der Waals surface area contributed by atoms with E-state index < -0.39 is 0 Å². The second kappa shape index (κ2) is 8.88. The van der Waals surface area contributed by atoms with Crippen molar-refractivity contribution < 1.29 is 9.53 Å². The van der Waals surface area contributed by atoms with Gasteiger partial charge in [0.15, 0.2) is 0 Å². The Hall–Kier alpha value is -2.18. The van der Waals surface area contributed by atoms with Gasteiger partial charge in [0.2, 0.25) is 5.91 Å². The first-order chi connectivity index (χ1) is 13.7. The standard InChI is InChI=1S/C22H30N4O2/c1-25-16-18(13-24-25)20-14-23-15-21(20)22(27)26-10-7-19(8-11-26)28-12-9-17-5-3-2-4-6-17/h2-6,13,16,19-21,23H,7-12,14-15H2,1H3/t20-,21+/m1/s1. The van der Waals surface area contributed by atoms with E-state index in [1.165, 1.54) is 5.56 Å². The Labute approximate surface area is 166 Å². The number of amides is 1. The van der Waals surface area contributed by atoms with Gasteiger partial charge in [0.25, 0.3) is 0 Å². The lowest BCUT2D eigenvalue weighted by atomic mass is 9.89. The number of likely N-dealkylation sites (tertiary alicyclic amines) is 1. The van der Waals surface area contributed by atoms with Crippen molar-refractivity contribution in [3.63, 3.8) is 0 Å². The van der Waals surface area contributed by atoms with Crippen LogP contribution in [0.5, 0.6) is 0 Å². The van der Waals surface area contributed by atoms with Crippen LogP contribution < -0.4 is 5.32 Å². The number of hydrogen-bond donors (Lipinski definition) is 1. The highest BCUT2D eigenvalue weighted by Crippen LogP contribution is 2.30. The fourth-order valence-corrected chi connectivity index (χ4v) is 4.39. The molecule has 2 atom stereocenters. The molecule has 1 aromatic heterocycles. The van der Waals surface area contributed by atoms with Gasteiger partial charge in [0.05, 0.1) is 24.8 Å². The van der Waals surface area contributed by atoms with Crippen molar-refractivity contribution in [1.29, 1.82) is 0 Å². The van der Waals surface area contributed by atoms with Gasteiger partial charge in [-0.1, -0.05) is 30.3 Å². The van der Waals surface area contributed by atoms with Crippen molar-refractivity contribution in [3.8, 4) is 0 Å². The molecule has 4 rings (SSSR count). The van der Waals surface area contributed by atoms with E-state index in [0.717, 1.165) is 57.6 Å². The van der Waals surface area contributed by atoms with Crippen LogP contribution in [0.25, 0.3) is 0 Å². The van der Waals surface area contributed by atoms with Gasteiger partial charge in [0, 0.05) is 45.3 Å². The fraction of sp³-hybridized carbons (Fsp3) is 0.545. The first-order valence-corrected chi connectivity index (χ1v) is 10.3. The molecule has 1 aromatic carbocycles. The van der Waals surface area contributed by atoms with Crippen molar-refractivity contribution in [3.05, 3.63) is 53.9 Å². The number of ether oxygens (including phenoxy) is 1. The maximum atomic E-state index is 13.1. The summed E-state index contributed by atoms with van der Waals surface area (Å²) in [6.45, 7) is 3.95. The van der Waals surface area contributed by atoms with Gasteiger partial charge in [-0.25, -0.2) is 0 Å². The highest BCUT2D eigenvalue weighted by atomic mass is 16.5. The quantitative estimate of drug-likeness (QED) is 0.830. The van der Waals surface area contributed by atoms with Crippen LogP contribution in [-0.2, 0) is 23.0 Å². The topological polar surface area (TPSA) is 59.4 Å². The molecule has 6 nitrogen and oxygen atoms in total.